The monoisotopic (exact) mass is 662 g/mol. The van der Waals surface area contributed by atoms with Crippen LogP contribution in [0.4, 0.5) is 0 Å². The van der Waals surface area contributed by atoms with Gasteiger partial charge >= 0.3 is 0 Å². The van der Waals surface area contributed by atoms with E-state index in [1.807, 2.05) is 0 Å². The van der Waals surface area contributed by atoms with Crippen molar-refractivity contribution >= 4 is 65.4 Å². The van der Waals surface area contributed by atoms with Gasteiger partial charge in [0, 0.05) is 44.0 Å². The summed E-state index contributed by atoms with van der Waals surface area (Å²) in [6.07, 6.45) is 0. The van der Waals surface area contributed by atoms with Crippen molar-refractivity contribution in [3.63, 3.8) is 0 Å². The fourth-order valence-electron chi connectivity index (χ4n) is 8.08. The van der Waals surface area contributed by atoms with Crippen LogP contribution in [0.5, 0.6) is 0 Å². The van der Waals surface area contributed by atoms with Crippen LogP contribution in [-0.2, 0) is 0 Å². The maximum absolute atomic E-state index is 5.34. The number of hydrogen-bond acceptors (Lipinski definition) is 2. The molecule has 4 heteroatoms. The second-order valence-corrected chi connectivity index (χ2v) is 13.4. The quantitative estimate of drug-likeness (QED) is 0.176. The van der Waals surface area contributed by atoms with Gasteiger partial charge in [-0.1, -0.05) is 121 Å². The third-order valence-corrected chi connectivity index (χ3v) is 10.5. The Kier molecular flexibility index (Phi) is 6.22. The number of para-hydroxylation sites is 4. The van der Waals surface area contributed by atoms with E-state index in [0.29, 0.717) is 0 Å². The van der Waals surface area contributed by atoms with E-state index in [9.17, 15) is 0 Å². The molecule has 52 heavy (non-hydrogen) atoms. The zero-order valence-corrected chi connectivity index (χ0v) is 28.1. The van der Waals surface area contributed by atoms with Crippen LogP contribution in [0.1, 0.15) is 0 Å². The third kappa shape index (κ3) is 4.34. The van der Waals surface area contributed by atoms with Gasteiger partial charge in [0.1, 0.15) is 0 Å². The van der Waals surface area contributed by atoms with Crippen molar-refractivity contribution < 1.29 is 0 Å². The Bertz CT molecular complexity index is 2840. The van der Waals surface area contributed by atoms with Gasteiger partial charge in [-0.2, -0.15) is 0 Å². The number of fused-ring (bicyclic) bond motifs is 8. The van der Waals surface area contributed by atoms with Crippen molar-refractivity contribution in [3.8, 4) is 33.9 Å². The molecule has 0 aliphatic carbocycles. The molecule has 8 aromatic carbocycles. The van der Waals surface area contributed by atoms with Crippen LogP contribution in [0.2, 0.25) is 0 Å². The van der Waals surface area contributed by atoms with Crippen LogP contribution >= 0.6 is 0 Å². The predicted octanol–water partition coefficient (Wildman–Crippen LogP) is 12.3. The molecule has 11 rings (SSSR count). The Labute approximate surface area is 299 Å². The van der Waals surface area contributed by atoms with Gasteiger partial charge in [0.15, 0.2) is 0 Å². The number of aromatic nitrogens is 4. The van der Waals surface area contributed by atoms with Crippen LogP contribution in [0.25, 0.3) is 99.3 Å². The minimum Gasteiger partial charge on any atom is -0.309 e. The molecular weight excluding hydrogens is 633 g/mol. The van der Waals surface area contributed by atoms with Crippen molar-refractivity contribution in [1.82, 2.24) is 19.1 Å². The van der Waals surface area contributed by atoms with Gasteiger partial charge in [-0.25, -0.2) is 9.97 Å². The van der Waals surface area contributed by atoms with Gasteiger partial charge in [-0.3, -0.25) is 0 Å². The summed E-state index contributed by atoms with van der Waals surface area (Å²) in [6.45, 7) is 0. The maximum Gasteiger partial charge on any atom is 0.0973 e. The fraction of sp³-hybridized carbons (Fsp3) is 0. The van der Waals surface area contributed by atoms with Crippen LogP contribution in [-0.4, -0.2) is 19.1 Å². The molecule has 0 N–H and O–H groups in total. The highest BCUT2D eigenvalue weighted by atomic mass is 15.0. The Balaban J connectivity index is 1.08. The average molecular weight is 663 g/mol. The standard InChI is InChI=1S/C48H30N4/c1-2-12-34-30-42-41(29-33(34)11-1)49-47(31-21-25-35(26-22-31)51-43-17-7-3-13-37(43)38-14-4-8-18-44(38)51)48(50-42)32-23-27-36(28-24-32)52-45-19-9-5-15-39(45)40-16-6-10-20-46(40)52/h1-30H. The molecule has 242 valence electrons. The molecule has 0 radical (unpaired) electrons. The van der Waals surface area contributed by atoms with Gasteiger partial charge in [0.2, 0.25) is 0 Å². The molecule has 0 saturated carbocycles. The Morgan fingerprint density at radius 1 is 0.308 bits per heavy atom. The summed E-state index contributed by atoms with van der Waals surface area (Å²) in [5.41, 5.74) is 12.5. The summed E-state index contributed by atoms with van der Waals surface area (Å²) in [7, 11) is 0. The molecule has 0 aliphatic heterocycles. The fourth-order valence-corrected chi connectivity index (χ4v) is 8.08. The largest absolute Gasteiger partial charge is 0.309 e. The predicted molar refractivity (Wildman–Crippen MR) is 217 cm³/mol. The SMILES string of the molecule is c1ccc2cc3nc(-c4ccc(-n5c6ccccc6c6ccccc65)cc4)c(-c4ccc(-n5c6ccccc6c6ccccc65)cc4)nc3cc2c1. The van der Waals surface area contributed by atoms with Crippen LogP contribution < -0.4 is 0 Å². The van der Waals surface area contributed by atoms with Crippen LogP contribution in [0.3, 0.4) is 0 Å². The van der Waals surface area contributed by atoms with E-state index in [1.165, 1.54) is 43.6 Å². The Morgan fingerprint density at radius 3 is 0.962 bits per heavy atom. The highest BCUT2D eigenvalue weighted by Gasteiger charge is 2.17. The van der Waals surface area contributed by atoms with Gasteiger partial charge in [-0.05, 0) is 71.4 Å². The van der Waals surface area contributed by atoms with E-state index in [1.54, 1.807) is 0 Å². The van der Waals surface area contributed by atoms with E-state index >= 15 is 0 Å². The average Bonchev–Trinajstić information content (AvgIpc) is 3.73. The summed E-state index contributed by atoms with van der Waals surface area (Å²) in [5.74, 6) is 0. The highest BCUT2D eigenvalue weighted by molar-refractivity contribution is 6.10. The van der Waals surface area contributed by atoms with E-state index in [2.05, 4.69) is 191 Å². The van der Waals surface area contributed by atoms with Gasteiger partial charge in [-0.15, -0.1) is 0 Å². The Morgan fingerprint density at radius 2 is 0.615 bits per heavy atom. The molecule has 0 spiro atoms. The number of benzene rings is 8. The summed E-state index contributed by atoms with van der Waals surface area (Å²) in [6, 6.07) is 64.8. The van der Waals surface area contributed by atoms with Crippen LogP contribution in [0, 0.1) is 0 Å². The molecule has 3 aromatic heterocycles. The van der Waals surface area contributed by atoms with Gasteiger partial charge in [0.25, 0.3) is 0 Å². The second-order valence-electron chi connectivity index (χ2n) is 13.4. The van der Waals surface area contributed by atoms with E-state index in [-0.39, 0.29) is 0 Å². The van der Waals surface area contributed by atoms with E-state index < -0.39 is 0 Å². The van der Waals surface area contributed by atoms with Gasteiger partial charge in [0.05, 0.1) is 44.5 Å². The third-order valence-electron chi connectivity index (χ3n) is 10.5. The van der Waals surface area contributed by atoms with Crippen molar-refractivity contribution in [3.05, 3.63) is 182 Å². The molecular formula is C48H30N4. The summed E-state index contributed by atoms with van der Waals surface area (Å²) < 4.78 is 4.70. The highest BCUT2D eigenvalue weighted by Crippen LogP contribution is 2.37. The summed E-state index contributed by atoms with van der Waals surface area (Å²) in [4.78, 5) is 10.7. The smallest absolute Gasteiger partial charge is 0.0973 e. The lowest BCUT2D eigenvalue weighted by Crippen LogP contribution is -1.98. The molecule has 0 bridgehead atoms. The second kappa shape index (κ2) is 11.2. The molecule has 0 saturated heterocycles. The minimum absolute atomic E-state index is 0.862. The molecule has 0 fully saturated rings. The minimum atomic E-state index is 0.862. The van der Waals surface area contributed by atoms with Crippen molar-refractivity contribution in [2.45, 2.75) is 0 Å². The Hall–Kier alpha value is -7.04. The zero-order chi connectivity index (χ0) is 34.2. The molecule has 0 atom stereocenters. The first kappa shape index (κ1) is 28.8. The lowest BCUT2D eigenvalue weighted by molar-refractivity contribution is 1.18. The first-order valence-corrected chi connectivity index (χ1v) is 17.7. The lowest BCUT2D eigenvalue weighted by atomic mass is 10.0. The number of nitrogens with zero attached hydrogens (tertiary/aromatic N) is 4. The molecule has 0 aliphatic rings. The molecule has 3 heterocycles. The van der Waals surface area contributed by atoms with Crippen molar-refractivity contribution in [1.29, 1.82) is 0 Å². The van der Waals surface area contributed by atoms with Gasteiger partial charge < -0.3 is 9.13 Å². The first-order chi connectivity index (χ1) is 25.8. The normalized spacial score (nSPS) is 11.8. The van der Waals surface area contributed by atoms with Crippen molar-refractivity contribution in [2.24, 2.45) is 0 Å². The molecule has 11 aromatic rings. The van der Waals surface area contributed by atoms with E-state index in [4.69, 9.17) is 9.97 Å². The lowest BCUT2D eigenvalue weighted by Gasteiger charge is -2.14. The number of hydrogen-bond donors (Lipinski definition) is 0. The maximum atomic E-state index is 5.34. The van der Waals surface area contributed by atoms with Crippen LogP contribution in [0.15, 0.2) is 182 Å². The first-order valence-electron chi connectivity index (χ1n) is 17.7. The summed E-state index contributed by atoms with van der Waals surface area (Å²) >= 11 is 0. The number of rotatable bonds is 4. The van der Waals surface area contributed by atoms with Crippen molar-refractivity contribution in [2.75, 3.05) is 0 Å². The molecule has 4 nitrogen and oxygen atoms in total. The van der Waals surface area contributed by atoms with E-state index in [0.717, 1.165) is 55.7 Å². The molecule has 0 amide bonds. The zero-order valence-electron chi connectivity index (χ0n) is 28.1. The molecule has 0 unspecified atom stereocenters. The topological polar surface area (TPSA) is 35.6 Å². The summed E-state index contributed by atoms with van der Waals surface area (Å²) in [5, 5.41) is 7.31.